The van der Waals surface area contributed by atoms with Gasteiger partial charge in [-0.15, -0.1) is 0 Å². The Hall–Kier alpha value is -2.04. The van der Waals surface area contributed by atoms with Crippen molar-refractivity contribution in [2.24, 2.45) is 21.1 Å². The van der Waals surface area contributed by atoms with Gasteiger partial charge in [0.2, 0.25) is 0 Å². The number of rotatable bonds is 4. The van der Waals surface area contributed by atoms with Gasteiger partial charge in [-0.1, -0.05) is 41.4 Å². The first kappa shape index (κ1) is 19.7. The molecule has 1 aliphatic heterocycles. The molecule has 0 saturated carbocycles. The molecule has 142 valence electrons. The zero-order valence-corrected chi connectivity index (χ0v) is 16.3. The van der Waals surface area contributed by atoms with Gasteiger partial charge in [0.1, 0.15) is 22.8 Å². The van der Waals surface area contributed by atoms with Crippen LogP contribution in [0.4, 0.5) is 11.4 Å². The van der Waals surface area contributed by atoms with Crippen molar-refractivity contribution in [2.45, 2.75) is 24.0 Å². The molecule has 1 heterocycles. The van der Waals surface area contributed by atoms with E-state index in [4.69, 9.17) is 33.5 Å². The van der Waals surface area contributed by atoms with E-state index < -0.39 is 27.2 Å². The van der Waals surface area contributed by atoms with Crippen LogP contribution in [0.2, 0.25) is 10.0 Å². The molecule has 0 amide bonds. The number of hydrazone groups is 1. The van der Waals surface area contributed by atoms with E-state index in [0.717, 1.165) is 11.8 Å². The maximum atomic E-state index is 11.3. The molecule has 27 heavy (non-hydrogen) atoms. The van der Waals surface area contributed by atoms with Gasteiger partial charge in [0.25, 0.3) is 10.1 Å². The largest absolute Gasteiger partial charge is 0.307 e. The van der Waals surface area contributed by atoms with Gasteiger partial charge in [0.15, 0.2) is 0 Å². The number of anilines is 1. The van der Waals surface area contributed by atoms with Gasteiger partial charge in [-0.25, -0.2) is 5.01 Å². The van der Waals surface area contributed by atoms with Crippen LogP contribution in [0.25, 0.3) is 0 Å². The molecule has 0 fully saturated rings. The van der Waals surface area contributed by atoms with E-state index >= 15 is 0 Å². The predicted octanol–water partition coefficient (Wildman–Crippen LogP) is 3.87. The minimum absolute atomic E-state index is 0.0307. The minimum Gasteiger partial charge on any atom is -0.307 e. The fourth-order valence-corrected chi connectivity index (χ4v) is 3.84. The average Bonchev–Trinajstić information content (AvgIpc) is 2.89. The van der Waals surface area contributed by atoms with Gasteiger partial charge >= 0.3 is 0 Å². The van der Waals surface area contributed by atoms with Crippen LogP contribution in [0.3, 0.4) is 0 Å². The molecule has 0 aromatic heterocycles. The summed E-state index contributed by atoms with van der Waals surface area (Å²) in [5.74, 6) is 0. The summed E-state index contributed by atoms with van der Waals surface area (Å²) in [6.07, 6.45) is -0.567. The van der Waals surface area contributed by atoms with E-state index in [1.165, 1.54) is 6.07 Å². The maximum Gasteiger partial charge on any atom is 0.296 e. The molecule has 3 rings (SSSR count). The summed E-state index contributed by atoms with van der Waals surface area (Å²) >= 11 is 11.9. The number of nitrogens with zero attached hydrogens (tertiary/aromatic N) is 4. The number of halogens is 2. The highest BCUT2D eigenvalue weighted by Crippen LogP contribution is 2.34. The van der Waals surface area contributed by atoms with Crippen molar-refractivity contribution in [1.82, 2.24) is 0 Å². The number of nitrogens with two attached hydrogens (primary N) is 1. The van der Waals surface area contributed by atoms with E-state index in [1.807, 2.05) is 30.3 Å². The topological polar surface area (TPSA) is 121 Å². The molecule has 0 radical (unpaired) electrons. The fourth-order valence-electron chi connectivity index (χ4n) is 2.56. The lowest BCUT2D eigenvalue weighted by Crippen LogP contribution is -2.43. The van der Waals surface area contributed by atoms with Crippen molar-refractivity contribution in [3.05, 3.63) is 52.5 Å². The van der Waals surface area contributed by atoms with E-state index in [0.29, 0.717) is 5.71 Å². The minimum atomic E-state index is -4.49. The SMILES string of the molecule is CC1=NN(c2ccccc2)C(N)C1N=Nc1cc(Cl)c(S(=O)(=O)O)cc1Cl. The molecule has 2 aromatic carbocycles. The highest BCUT2D eigenvalue weighted by Gasteiger charge is 2.33. The Morgan fingerprint density at radius 1 is 1.19 bits per heavy atom. The monoisotopic (exact) mass is 427 g/mol. The van der Waals surface area contributed by atoms with Gasteiger partial charge in [0.05, 0.1) is 21.4 Å². The zero-order chi connectivity index (χ0) is 19.8. The third-order valence-electron chi connectivity index (χ3n) is 3.89. The smallest absolute Gasteiger partial charge is 0.296 e. The van der Waals surface area contributed by atoms with Crippen LogP contribution >= 0.6 is 23.2 Å². The van der Waals surface area contributed by atoms with Gasteiger partial charge in [0, 0.05) is 0 Å². The van der Waals surface area contributed by atoms with Crippen LogP contribution in [-0.4, -0.2) is 30.9 Å². The molecule has 1 aliphatic rings. The molecular formula is C16H15Cl2N5O3S. The second-order valence-corrected chi connectivity index (χ2v) is 7.99. The van der Waals surface area contributed by atoms with Crippen LogP contribution in [-0.2, 0) is 10.1 Å². The Morgan fingerprint density at radius 3 is 2.48 bits per heavy atom. The molecule has 0 saturated heterocycles. The first-order chi connectivity index (χ1) is 12.7. The second kappa shape index (κ2) is 7.53. The molecule has 3 N–H and O–H groups in total. The molecule has 0 aliphatic carbocycles. The lowest BCUT2D eigenvalue weighted by atomic mass is 10.2. The van der Waals surface area contributed by atoms with E-state index in [2.05, 4.69) is 15.3 Å². The quantitative estimate of drug-likeness (QED) is 0.566. The summed E-state index contributed by atoms with van der Waals surface area (Å²) in [6.45, 7) is 1.78. The summed E-state index contributed by atoms with van der Waals surface area (Å²) in [5, 5.41) is 14.1. The molecule has 8 nitrogen and oxygen atoms in total. The summed E-state index contributed by atoms with van der Waals surface area (Å²) in [4.78, 5) is -0.501. The van der Waals surface area contributed by atoms with Crippen molar-refractivity contribution in [3.8, 4) is 0 Å². The summed E-state index contributed by atoms with van der Waals surface area (Å²) in [7, 11) is -4.49. The van der Waals surface area contributed by atoms with Crippen LogP contribution in [0.5, 0.6) is 0 Å². The van der Waals surface area contributed by atoms with Crippen LogP contribution in [0, 0.1) is 0 Å². The van der Waals surface area contributed by atoms with E-state index in [-0.39, 0.29) is 15.7 Å². The zero-order valence-electron chi connectivity index (χ0n) is 14.0. The summed E-state index contributed by atoms with van der Waals surface area (Å²) in [5.41, 5.74) is 7.87. The second-order valence-electron chi connectivity index (χ2n) is 5.78. The number of benzene rings is 2. The van der Waals surface area contributed by atoms with Gasteiger partial charge in [-0.2, -0.15) is 23.7 Å². The highest BCUT2D eigenvalue weighted by atomic mass is 35.5. The Bertz CT molecular complexity index is 1030. The van der Waals surface area contributed by atoms with Crippen LogP contribution < -0.4 is 10.7 Å². The van der Waals surface area contributed by atoms with E-state index in [1.54, 1.807) is 11.9 Å². The highest BCUT2D eigenvalue weighted by molar-refractivity contribution is 7.86. The maximum absolute atomic E-state index is 11.3. The number of hydrogen-bond acceptors (Lipinski definition) is 7. The summed E-state index contributed by atoms with van der Waals surface area (Å²) < 4.78 is 31.7. The molecule has 2 atom stereocenters. The Kier molecular flexibility index (Phi) is 5.50. The molecule has 11 heteroatoms. The molecule has 0 spiro atoms. The Balaban J connectivity index is 1.87. The van der Waals surface area contributed by atoms with Gasteiger partial charge in [-0.3, -0.25) is 4.55 Å². The van der Waals surface area contributed by atoms with Crippen molar-refractivity contribution < 1.29 is 13.0 Å². The third kappa shape index (κ3) is 4.12. The van der Waals surface area contributed by atoms with Crippen LogP contribution in [0.1, 0.15) is 6.92 Å². The van der Waals surface area contributed by atoms with Crippen molar-refractivity contribution in [3.63, 3.8) is 0 Å². The van der Waals surface area contributed by atoms with Gasteiger partial charge in [-0.05, 0) is 31.2 Å². The molecule has 0 bridgehead atoms. The normalized spacial score (nSPS) is 20.3. The van der Waals surface area contributed by atoms with Crippen molar-refractivity contribution in [2.75, 3.05) is 5.01 Å². The molecular weight excluding hydrogens is 413 g/mol. The molecule has 2 unspecified atom stereocenters. The first-order valence-corrected chi connectivity index (χ1v) is 9.90. The Labute approximate surface area is 166 Å². The third-order valence-corrected chi connectivity index (χ3v) is 5.51. The van der Waals surface area contributed by atoms with Crippen molar-refractivity contribution >= 4 is 50.4 Å². The first-order valence-electron chi connectivity index (χ1n) is 7.71. The number of hydrogen-bond donors (Lipinski definition) is 2. The number of para-hydroxylation sites is 1. The number of azo groups is 1. The standard InChI is InChI=1S/C16H15Cl2N5O3S/c1-9-15(16(19)23(22-9)10-5-3-2-4-6-10)21-20-13-7-12(18)14(8-11(13)17)27(24,25)26/h2-8,15-16H,19H2,1H3,(H,24,25,26). The lowest BCUT2D eigenvalue weighted by molar-refractivity contribution is 0.483. The fraction of sp³-hybridized carbons (Fsp3) is 0.188. The molecule has 2 aromatic rings. The van der Waals surface area contributed by atoms with Crippen LogP contribution in [0.15, 0.2) is 62.7 Å². The summed E-state index contributed by atoms with van der Waals surface area (Å²) in [6, 6.07) is 11.1. The Morgan fingerprint density at radius 2 is 1.85 bits per heavy atom. The predicted molar refractivity (Wildman–Crippen MR) is 105 cm³/mol. The van der Waals surface area contributed by atoms with E-state index in [9.17, 15) is 8.42 Å². The lowest BCUT2D eigenvalue weighted by Gasteiger charge is -2.21. The van der Waals surface area contributed by atoms with Crippen molar-refractivity contribution in [1.29, 1.82) is 0 Å². The average molecular weight is 428 g/mol. The van der Waals surface area contributed by atoms with Gasteiger partial charge < -0.3 is 5.73 Å².